The third kappa shape index (κ3) is 3.88. The summed E-state index contributed by atoms with van der Waals surface area (Å²) in [6, 6.07) is 13.4. The minimum absolute atomic E-state index is 0.467. The zero-order chi connectivity index (χ0) is 19.5. The number of nitrogens with zero attached hydrogens (tertiary/aromatic N) is 2. The second kappa shape index (κ2) is 7.80. The molecule has 28 heavy (non-hydrogen) atoms. The molecule has 2 aromatic carbocycles. The molecule has 0 aromatic heterocycles. The van der Waals surface area contributed by atoms with E-state index in [2.05, 4.69) is 35.3 Å². The van der Waals surface area contributed by atoms with Crippen molar-refractivity contribution in [3.05, 3.63) is 48.0 Å². The highest BCUT2D eigenvalue weighted by molar-refractivity contribution is 6.39. The van der Waals surface area contributed by atoms with Crippen molar-refractivity contribution in [1.29, 1.82) is 0 Å². The van der Waals surface area contributed by atoms with E-state index in [-0.39, 0.29) is 0 Å². The van der Waals surface area contributed by atoms with E-state index in [9.17, 15) is 9.59 Å². The van der Waals surface area contributed by atoms with Gasteiger partial charge in [-0.05, 0) is 36.8 Å². The van der Waals surface area contributed by atoms with Gasteiger partial charge in [-0.3, -0.25) is 9.59 Å². The summed E-state index contributed by atoms with van der Waals surface area (Å²) in [5.74, 6) is 0.0607. The zero-order valence-corrected chi connectivity index (χ0v) is 15.8. The third-order valence-corrected chi connectivity index (χ3v) is 4.93. The topological polar surface area (TPSA) is 71.1 Å². The van der Waals surface area contributed by atoms with Gasteiger partial charge in [0, 0.05) is 43.6 Å². The van der Waals surface area contributed by atoms with Gasteiger partial charge >= 0.3 is 11.8 Å². The lowest BCUT2D eigenvalue weighted by Crippen LogP contribution is -2.51. The van der Waals surface area contributed by atoms with Gasteiger partial charge in [0.15, 0.2) is 11.5 Å². The van der Waals surface area contributed by atoms with E-state index in [0.717, 1.165) is 5.69 Å². The second-order valence-corrected chi connectivity index (χ2v) is 6.93. The maximum atomic E-state index is 12.5. The van der Waals surface area contributed by atoms with Crippen LogP contribution < -0.4 is 19.7 Å². The zero-order valence-electron chi connectivity index (χ0n) is 15.8. The molecule has 0 atom stereocenters. The summed E-state index contributed by atoms with van der Waals surface area (Å²) in [4.78, 5) is 28.7. The average Bonchev–Trinajstić information content (AvgIpc) is 2.73. The van der Waals surface area contributed by atoms with Crippen LogP contribution in [0.3, 0.4) is 0 Å². The lowest BCUT2D eigenvalue weighted by atomic mass is 10.2. The van der Waals surface area contributed by atoms with Crippen molar-refractivity contribution in [2.24, 2.45) is 0 Å². The van der Waals surface area contributed by atoms with Crippen LogP contribution in [0.2, 0.25) is 0 Å². The van der Waals surface area contributed by atoms with Gasteiger partial charge in [-0.25, -0.2) is 0 Å². The van der Waals surface area contributed by atoms with E-state index in [1.165, 1.54) is 5.56 Å². The molecule has 0 unspecified atom stereocenters. The van der Waals surface area contributed by atoms with Crippen LogP contribution >= 0.6 is 0 Å². The van der Waals surface area contributed by atoms with Gasteiger partial charge in [0.2, 0.25) is 0 Å². The minimum atomic E-state index is -0.638. The van der Waals surface area contributed by atoms with Crippen LogP contribution in [0.25, 0.3) is 0 Å². The number of ether oxygens (including phenoxy) is 2. The molecule has 2 aromatic rings. The molecule has 2 aliphatic heterocycles. The number of rotatable bonds is 2. The highest BCUT2D eigenvalue weighted by Crippen LogP contribution is 2.32. The van der Waals surface area contributed by atoms with Gasteiger partial charge < -0.3 is 24.6 Å². The minimum Gasteiger partial charge on any atom is -0.486 e. The SMILES string of the molecule is Cc1cccc(N2CCN(C(=O)C(=O)Nc3ccc4c(c3)OCCO4)CC2)c1. The lowest BCUT2D eigenvalue weighted by molar-refractivity contribution is -0.143. The lowest BCUT2D eigenvalue weighted by Gasteiger charge is -2.35. The van der Waals surface area contributed by atoms with Crippen molar-refractivity contribution < 1.29 is 19.1 Å². The van der Waals surface area contributed by atoms with Gasteiger partial charge in [0.1, 0.15) is 13.2 Å². The Kier molecular flexibility index (Phi) is 5.06. The predicted octanol–water partition coefficient (Wildman–Crippen LogP) is 2.05. The smallest absolute Gasteiger partial charge is 0.313 e. The van der Waals surface area contributed by atoms with E-state index in [1.807, 2.05) is 6.07 Å². The molecular weight excluding hydrogens is 358 g/mol. The van der Waals surface area contributed by atoms with E-state index >= 15 is 0 Å². The highest BCUT2D eigenvalue weighted by Gasteiger charge is 2.26. The number of carbonyl (C=O) groups excluding carboxylic acids is 2. The molecule has 146 valence electrons. The van der Waals surface area contributed by atoms with Gasteiger partial charge in [-0.2, -0.15) is 0 Å². The van der Waals surface area contributed by atoms with Crippen molar-refractivity contribution in [2.75, 3.05) is 49.6 Å². The van der Waals surface area contributed by atoms with Crippen LogP contribution in [0, 0.1) is 6.92 Å². The number of nitrogens with one attached hydrogen (secondary N) is 1. The molecule has 4 rings (SSSR count). The van der Waals surface area contributed by atoms with Gasteiger partial charge in [0.25, 0.3) is 0 Å². The van der Waals surface area contributed by atoms with Crippen LogP contribution in [0.15, 0.2) is 42.5 Å². The van der Waals surface area contributed by atoms with Gasteiger partial charge in [-0.15, -0.1) is 0 Å². The fraction of sp³-hybridized carbons (Fsp3) is 0.333. The van der Waals surface area contributed by atoms with Crippen LogP contribution in [0.1, 0.15) is 5.56 Å². The Labute approximate surface area is 163 Å². The standard InChI is InChI=1S/C21H23N3O4/c1-15-3-2-4-17(13-15)23-7-9-24(10-8-23)21(26)20(25)22-16-5-6-18-19(14-16)28-12-11-27-18/h2-6,13-14H,7-12H2,1H3,(H,22,25). The van der Waals surface area contributed by atoms with Crippen molar-refractivity contribution in [3.63, 3.8) is 0 Å². The number of piperazine rings is 1. The molecule has 1 N–H and O–H groups in total. The number of hydrogen-bond donors (Lipinski definition) is 1. The molecular formula is C21H23N3O4. The maximum Gasteiger partial charge on any atom is 0.313 e. The molecule has 7 nitrogen and oxygen atoms in total. The van der Waals surface area contributed by atoms with Gasteiger partial charge in [-0.1, -0.05) is 12.1 Å². The summed E-state index contributed by atoms with van der Waals surface area (Å²) in [7, 11) is 0. The summed E-state index contributed by atoms with van der Waals surface area (Å²) in [6.45, 7) is 5.47. The maximum absolute atomic E-state index is 12.5. The fourth-order valence-corrected chi connectivity index (χ4v) is 3.44. The number of anilines is 2. The number of amides is 2. The summed E-state index contributed by atoms with van der Waals surface area (Å²) < 4.78 is 11.0. The van der Waals surface area contributed by atoms with E-state index in [1.54, 1.807) is 23.1 Å². The average molecular weight is 381 g/mol. The number of carbonyl (C=O) groups is 2. The summed E-state index contributed by atoms with van der Waals surface area (Å²) in [5.41, 5.74) is 2.86. The molecule has 2 amide bonds. The Hall–Kier alpha value is -3.22. The largest absolute Gasteiger partial charge is 0.486 e. The van der Waals surface area contributed by atoms with E-state index < -0.39 is 11.8 Å². The van der Waals surface area contributed by atoms with E-state index in [0.29, 0.717) is 56.6 Å². The Balaban J connectivity index is 1.34. The molecule has 7 heteroatoms. The normalized spacial score (nSPS) is 15.9. The van der Waals surface area contributed by atoms with E-state index in [4.69, 9.17) is 9.47 Å². The Morgan fingerprint density at radius 2 is 1.68 bits per heavy atom. The monoisotopic (exact) mass is 381 g/mol. The van der Waals surface area contributed by atoms with Crippen molar-refractivity contribution >= 4 is 23.2 Å². The second-order valence-electron chi connectivity index (χ2n) is 6.93. The molecule has 1 fully saturated rings. The molecule has 0 bridgehead atoms. The molecule has 1 saturated heterocycles. The highest BCUT2D eigenvalue weighted by atomic mass is 16.6. The van der Waals surface area contributed by atoms with Crippen LogP contribution in [-0.2, 0) is 9.59 Å². The van der Waals surface area contributed by atoms with Crippen LogP contribution in [0.4, 0.5) is 11.4 Å². The fourth-order valence-electron chi connectivity index (χ4n) is 3.44. The Morgan fingerprint density at radius 1 is 0.929 bits per heavy atom. The van der Waals surface area contributed by atoms with Crippen molar-refractivity contribution in [2.45, 2.75) is 6.92 Å². The number of hydrogen-bond acceptors (Lipinski definition) is 5. The first-order valence-electron chi connectivity index (χ1n) is 9.42. The molecule has 0 aliphatic carbocycles. The summed E-state index contributed by atoms with van der Waals surface area (Å²) in [6.07, 6.45) is 0. The molecule has 0 radical (unpaired) electrons. The molecule has 2 heterocycles. The van der Waals surface area contributed by atoms with Gasteiger partial charge in [0.05, 0.1) is 0 Å². The predicted molar refractivity (Wildman–Crippen MR) is 106 cm³/mol. The number of aryl methyl sites for hydroxylation is 1. The summed E-state index contributed by atoms with van der Waals surface area (Å²) >= 11 is 0. The summed E-state index contributed by atoms with van der Waals surface area (Å²) in [5, 5.41) is 2.66. The Bertz CT molecular complexity index is 891. The molecule has 0 saturated carbocycles. The van der Waals surface area contributed by atoms with Crippen LogP contribution in [-0.4, -0.2) is 56.1 Å². The number of fused-ring (bicyclic) bond motifs is 1. The van der Waals surface area contributed by atoms with Crippen molar-refractivity contribution in [1.82, 2.24) is 4.90 Å². The number of benzene rings is 2. The Morgan fingerprint density at radius 3 is 2.43 bits per heavy atom. The first-order valence-corrected chi connectivity index (χ1v) is 9.42. The van der Waals surface area contributed by atoms with Crippen LogP contribution in [0.5, 0.6) is 11.5 Å². The van der Waals surface area contributed by atoms with Crippen molar-refractivity contribution in [3.8, 4) is 11.5 Å². The first kappa shape index (κ1) is 18.2. The first-order chi connectivity index (χ1) is 13.6. The molecule has 2 aliphatic rings. The quantitative estimate of drug-likeness (QED) is 0.807. The molecule has 0 spiro atoms. The third-order valence-electron chi connectivity index (χ3n) is 4.93.